The molecule has 14 heavy (non-hydrogen) atoms. The molecule has 0 aromatic heterocycles. The number of aliphatic hydroxyl groups excluding tert-OH is 1. The zero-order valence-electron chi connectivity index (χ0n) is 8.57. The van der Waals surface area contributed by atoms with Crippen LogP contribution in [0.2, 0.25) is 0 Å². The fourth-order valence-electron chi connectivity index (χ4n) is 1.58. The summed E-state index contributed by atoms with van der Waals surface area (Å²) in [6.07, 6.45) is 2.46. The Kier molecular flexibility index (Phi) is 4.90. The van der Waals surface area contributed by atoms with Crippen LogP contribution in [0.1, 0.15) is 32.6 Å². The molecule has 0 aliphatic carbocycles. The van der Waals surface area contributed by atoms with Crippen LogP contribution in [-0.2, 0) is 14.3 Å². The van der Waals surface area contributed by atoms with Crippen LogP contribution in [0.3, 0.4) is 0 Å². The molecular formula is C10H18O4. The summed E-state index contributed by atoms with van der Waals surface area (Å²) >= 11 is 0. The Balaban J connectivity index is 2.24. The molecule has 1 aliphatic heterocycles. The molecule has 0 aromatic carbocycles. The average Bonchev–Trinajstić information content (AvgIpc) is 2.19. The molecule has 0 saturated carbocycles. The lowest BCUT2D eigenvalue weighted by molar-refractivity contribution is -0.155. The molecule has 0 radical (unpaired) electrons. The molecule has 1 rings (SSSR count). The molecule has 2 atom stereocenters. The largest absolute Gasteiger partial charge is 0.464 e. The summed E-state index contributed by atoms with van der Waals surface area (Å²) in [4.78, 5) is 11.1. The highest BCUT2D eigenvalue weighted by atomic mass is 16.5. The lowest BCUT2D eigenvalue weighted by atomic mass is 10.0. The quantitative estimate of drug-likeness (QED) is 0.687. The van der Waals surface area contributed by atoms with Gasteiger partial charge in [0.1, 0.15) is 0 Å². The minimum Gasteiger partial charge on any atom is -0.464 e. The molecule has 1 fully saturated rings. The van der Waals surface area contributed by atoms with Crippen molar-refractivity contribution < 1.29 is 19.4 Å². The summed E-state index contributed by atoms with van der Waals surface area (Å²) in [5.74, 6) is -0.540. The average molecular weight is 202 g/mol. The van der Waals surface area contributed by atoms with Gasteiger partial charge in [-0.3, -0.25) is 0 Å². The molecule has 1 N–H and O–H groups in total. The monoisotopic (exact) mass is 202 g/mol. The second-order valence-corrected chi connectivity index (χ2v) is 3.49. The Labute approximate surface area is 84.2 Å². The van der Waals surface area contributed by atoms with E-state index in [1.54, 1.807) is 6.92 Å². The molecule has 1 heterocycles. The molecule has 1 saturated heterocycles. The fourth-order valence-corrected chi connectivity index (χ4v) is 1.58. The van der Waals surface area contributed by atoms with Crippen molar-refractivity contribution >= 4 is 5.97 Å². The van der Waals surface area contributed by atoms with Crippen LogP contribution in [0, 0.1) is 0 Å². The molecule has 0 spiro atoms. The summed E-state index contributed by atoms with van der Waals surface area (Å²) in [5, 5.41) is 9.45. The maximum absolute atomic E-state index is 11.1. The van der Waals surface area contributed by atoms with Gasteiger partial charge in [-0.15, -0.1) is 0 Å². The Bertz CT molecular complexity index is 175. The third-order valence-electron chi connectivity index (χ3n) is 2.32. The first-order valence-electron chi connectivity index (χ1n) is 5.20. The Morgan fingerprint density at radius 3 is 3.00 bits per heavy atom. The predicted octanol–water partition coefficient (Wildman–Crippen LogP) is 0.870. The normalized spacial score (nSPS) is 24.3. The maximum Gasteiger partial charge on any atom is 0.335 e. The van der Waals surface area contributed by atoms with E-state index in [9.17, 15) is 9.90 Å². The van der Waals surface area contributed by atoms with Gasteiger partial charge in [-0.05, 0) is 26.2 Å². The number of hydrogen-bond donors (Lipinski definition) is 1. The van der Waals surface area contributed by atoms with E-state index < -0.39 is 12.1 Å². The third kappa shape index (κ3) is 3.64. The van der Waals surface area contributed by atoms with Crippen LogP contribution in [0.25, 0.3) is 0 Å². The van der Waals surface area contributed by atoms with Gasteiger partial charge in [0.15, 0.2) is 6.10 Å². The Morgan fingerprint density at radius 2 is 2.43 bits per heavy atom. The summed E-state index contributed by atoms with van der Waals surface area (Å²) in [6, 6.07) is 0. The molecule has 4 nitrogen and oxygen atoms in total. The summed E-state index contributed by atoms with van der Waals surface area (Å²) in [7, 11) is 0. The minimum atomic E-state index is -1.03. The van der Waals surface area contributed by atoms with Gasteiger partial charge in [0.05, 0.1) is 12.7 Å². The number of rotatable bonds is 4. The molecule has 0 bridgehead atoms. The number of aliphatic hydroxyl groups is 1. The smallest absolute Gasteiger partial charge is 0.335 e. The van der Waals surface area contributed by atoms with Gasteiger partial charge >= 0.3 is 5.97 Å². The van der Waals surface area contributed by atoms with Gasteiger partial charge in [0.25, 0.3) is 0 Å². The lowest BCUT2D eigenvalue weighted by Crippen LogP contribution is -2.30. The number of hydrogen-bond acceptors (Lipinski definition) is 4. The fraction of sp³-hybridized carbons (Fsp3) is 0.900. The third-order valence-corrected chi connectivity index (χ3v) is 2.32. The molecule has 4 heteroatoms. The number of esters is 1. The maximum atomic E-state index is 11.1. The van der Waals surface area contributed by atoms with Crippen molar-refractivity contribution in [1.82, 2.24) is 0 Å². The second kappa shape index (κ2) is 5.98. The molecule has 0 amide bonds. The molecule has 0 aromatic rings. The van der Waals surface area contributed by atoms with E-state index >= 15 is 0 Å². The van der Waals surface area contributed by atoms with Crippen LogP contribution >= 0.6 is 0 Å². The van der Waals surface area contributed by atoms with Crippen molar-refractivity contribution in [3.05, 3.63) is 0 Å². The van der Waals surface area contributed by atoms with Crippen LogP contribution in [-0.4, -0.2) is 36.5 Å². The highest BCUT2D eigenvalue weighted by Crippen LogP contribution is 2.17. The first-order valence-corrected chi connectivity index (χ1v) is 5.20. The molecule has 2 unspecified atom stereocenters. The van der Waals surface area contributed by atoms with E-state index in [-0.39, 0.29) is 6.10 Å². The van der Waals surface area contributed by atoms with Crippen molar-refractivity contribution in [2.45, 2.75) is 44.8 Å². The standard InChI is InChI=1S/C10H18O4/c1-2-13-10(12)9(11)7-8-5-3-4-6-14-8/h8-9,11H,2-7H2,1H3. The van der Waals surface area contributed by atoms with Crippen molar-refractivity contribution in [1.29, 1.82) is 0 Å². The zero-order valence-corrected chi connectivity index (χ0v) is 8.57. The van der Waals surface area contributed by atoms with Gasteiger partial charge < -0.3 is 14.6 Å². The number of ether oxygens (including phenoxy) is 2. The lowest BCUT2D eigenvalue weighted by Gasteiger charge is -2.23. The summed E-state index contributed by atoms with van der Waals surface area (Å²) < 4.78 is 10.1. The number of carbonyl (C=O) groups is 1. The summed E-state index contributed by atoms with van der Waals surface area (Å²) in [6.45, 7) is 2.77. The van der Waals surface area contributed by atoms with E-state index in [0.717, 1.165) is 25.9 Å². The second-order valence-electron chi connectivity index (χ2n) is 3.49. The van der Waals surface area contributed by atoms with Gasteiger partial charge in [-0.25, -0.2) is 4.79 Å². The molecule has 82 valence electrons. The number of carbonyl (C=O) groups excluding carboxylic acids is 1. The van der Waals surface area contributed by atoms with Gasteiger partial charge in [-0.2, -0.15) is 0 Å². The Hall–Kier alpha value is -0.610. The topological polar surface area (TPSA) is 55.8 Å². The Morgan fingerprint density at radius 1 is 1.64 bits per heavy atom. The predicted molar refractivity (Wildman–Crippen MR) is 50.8 cm³/mol. The van der Waals surface area contributed by atoms with Gasteiger partial charge in [0.2, 0.25) is 0 Å². The van der Waals surface area contributed by atoms with Crippen molar-refractivity contribution in [3.63, 3.8) is 0 Å². The van der Waals surface area contributed by atoms with Crippen molar-refractivity contribution in [3.8, 4) is 0 Å². The van der Waals surface area contributed by atoms with Crippen molar-refractivity contribution in [2.75, 3.05) is 13.2 Å². The molecular weight excluding hydrogens is 184 g/mol. The van der Waals surface area contributed by atoms with Gasteiger partial charge in [-0.1, -0.05) is 0 Å². The van der Waals surface area contributed by atoms with E-state index in [4.69, 9.17) is 9.47 Å². The minimum absolute atomic E-state index is 0.0168. The SMILES string of the molecule is CCOC(=O)C(O)CC1CCCCO1. The van der Waals surface area contributed by atoms with Crippen LogP contribution in [0.4, 0.5) is 0 Å². The van der Waals surface area contributed by atoms with Crippen LogP contribution in [0.5, 0.6) is 0 Å². The van der Waals surface area contributed by atoms with Crippen molar-refractivity contribution in [2.24, 2.45) is 0 Å². The molecule has 1 aliphatic rings. The summed E-state index contributed by atoms with van der Waals surface area (Å²) in [5.41, 5.74) is 0. The highest BCUT2D eigenvalue weighted by Gasteiger charge is 2.23. The van der Waals surface area contributed by atoms with E-state index in [1.807, 2.05) is 0 Å². The van der Waals surface area contributed by atoms with E-state index in [1.165, 1.54) is 0 Å². The van der Waals surface area contributed by atoms with Crippen LogP contribution < -0.4 is 0 Å². The van der Waals surface area contributed by atoms with Gasteiger partial charge in [0, 0.05) is 13.0 Å². The zero-order chi connectivity index (χ0) is 10.4. The first-order chi connectivity index (χ1) is 6.74. The van der Waals surface area contributed by atoms with Crippen LogP contribution in [0.15, 0.2) is 0 Å². The highest BCUT2D eigenvalue weighted by molar-refractivity contribution is 5.74. The van der Waals surface area contributed by atoms with E-state index in [2.05, 4.69) is 0 Å². The van der Waals surface area contributed by atoms with E-state index in [0.29, 0.717) is 13.0 Å². The first kappa shape index (κ1) is 11.5.